The second-order valence-corrected chi connectivity index (χ2v) is 8.78. The van der Waals surface area contributed by atoms with Crippen LogP contribution in [0.4, 0.5) is 19.0 Å². The zero-order chi connectivity index (χ0) is 20.4. The van der Waals surface area contributed by atoms with Gasteiger partial charge in [-0.25, -0.2) is 4.98 Å². The molecule has 10 heteroatoms. The molecule has 6 nitrogen and oxygen atoms in total. The number of nitrogens with zero attached hydrogens (tertiary/aromatic N) is 4. The third-order valence-electron chi connectivity index (χ3n) is 6.31. The van der Waals surface area contributed by atoms with Gasteiger partial charge in [-0.1, -0.05) is 11.6 Å². The molecule has 2 saturated heterocycles. The van der Waals surface area contributed by atoms with E-state index in [4.69, 9.17) is 27.2 Å². The van der Waals surface area contributed by atoms with Crippen LogP contribution < -0.4 is 5.73 Å². The molecule has 0 radical (unpaired) electrons. The molecule has 0 bridgehead atoms. The van der Waals surface area contributed by atoms with Crippen LogP contribution in [-0.4, -0.2) is 58.7 Å². The van der Waals surface area contributed by atoms with Crippen molar-refractivity contribution in [1.29, 1.82) is 0 Å². The fourth-order valence-corrected chi connectivity index (χ4v) is 4.81. The number of nitrogens with two attached hydrogens (primary N) is 1. The highest BCUT2D eigenvalue weighted by Crippen LogP contribution is 2.64. The van der Waals surface area contributed by atoms with Gasteiger partial charge in [0.2, 0.25) is 0 Å². The highest BCUT2D eigenvalue weighted by molar-refractivity contribution is 6.33. The number of anilines is 1. The SMILES string of the molecule is Nc1ncc(-c2cc([C@H]3C[C@@]34CCN(CC(F)(F)F)C4)n(C3COC3)n2)cc1Cl. The summed E-state index contributed by atoms with van der Waals surface area (Å²) in [5.41, 5.74) is 8.20. The first-order valence-electron chi connectivity index (χ1n) is 9.62. The average molecular weight is 428 g/mol. The van der Waals surface area contributed by atoms with Gasteiger partial charge in [0, 0.05) is 29.9 Å². The number of hydrogen-bond acceptors (Lipinski definition) is 5. The van der Waals surface area contributed by atoms with E-state index in [1.807, 2.05) is 10.7 Å². The topological polar surface area (TPSA) is 69.2 Å². The molecule has 3 aliphatic rings. The van der Waals surface area contributed by atoms with Crippen molar-refractivity contribution in [2.24, 2.45) is 5.41 Å². The summed E-state index contributed by atoms with van der Waals surface area (Å²) < 4.78 is 45.7. The zero-order valence-corrected chi connectivity index (χ0v) is 16.4. The fraction of sp³-hybridized carbons (Fsp3) is 0.579. The summed E-state index contributed by atoms with van der Waals surface area (Å²) in [6.07, 6.45) is -0.848. The van der Waals surface area contributed by atoms with Gasteiger partial charge in [0.1, 0.15) is 5.82 Å². The number of rotatable bonds is 4. The van der Waals surface area contributed by atoms with Crippen LogP contribution in [-0.2, 0) is 4.74 Å². The molecule has 2 aliphatic heterocycles. The summed E-state index contributed by atoms with van der Waals surface area (Å²) in [6, 6.07) is 3.91. The number of ether oxygens (including phenoxy) is 1. The highest BCUT2D eigenvalue weighted by atomic mass is 35.5. The first kappa shape index (κ1) is 19.1. The molecule has 2 aromatic heterocycles. The first-order valence-corrected chi connectivity index (χ1v) is 10.00. The number of hydrogen-bond donors (Lipinski definition) is 1. The maximum Gasteiger partial charge on any atom is 0.401 e. The summed E-state index contributed by atoms with van der Waals surface area (Å²) in [6.45, 7) is 1.32. The third-order valence-corrected chi connectivity index (χ3v) is 6.61. The van der Waals surface area contributed by atoms with Gasteiger partial charge in [0.15, 0.2) is 0 Å². The van der Waals surface area contributed by atoms with E-state index in [2.05, 4.69) is 4.98 Å². The Balaban J connectivity index is 1.42. The highest BCUT2D eigenvalue weighted by Gasteiger charge is 2.60. The van der Waals surface area contributed by atoms with Crippen molar-refractivity contribution in [3.8, 4) is 11.3 Å². The van der Waals surface area contributed by atoms with Gasteiger partial charge in [-0.15, -0.1) is 0 Å². The number of aromatic nitrogens is 3. The predicted molar refractivity (Wildman–Crippen MR) is 102 cm³/mol. The molecule has 0 amide bonds. The average Bonchev–Trinajstić information content (AvgIpc) is 2.92. The summed E-state index contributed by atoms with van der Waals surface area (Å²) in [7, 11) is 0. The normalized spacial score (nSPS) is 27.5. The molecule has 2 N–H and O–H groups in total. The van der Waals surface area contributed by atoms with Crippen molar-refractivity contribution in [1.82, 2.24) is 19.7 Å². The molecular formula is C19H21ClF3N5O. The van der Waals surface area contributed by atoms with Crippen molar-refractivity contribution >= 4 is 17.4 Å². The third kappa shape index (κ3) is 3.49. The van der Waals surface area contributed by atoms with E-state index in [0.717, 1.165) is 29.8 Å². The van der Waals surface area contributed by atoms with E-state index in [9.17, 15) is 13.2 Å². The summed E-state index contributed by atoms with van der Waals surface area (Å²) >= 11 is 6.11. The van der Waals surface area contributed by atoms with E-state index < -0.39 is 12.7 Å². The molecule has 4 heterocycles. The van der Waals surface area contributed by atoms with E-state index >= 15 is 0 Å². The minimum Gasteiger partial charge on any atom is -0.382 e. The molecule has 3 fully saturated rings. The van der Waals surface area contributed by atoms with Crippen LogP contribution in [0.2, 0.25) is 5.02 Å². The summed E-state index contributed by atoms with van der Waals surface area (Å²) in [4.78, 5) is 5.63. The Morgan fingerprint density at radius 3 is 2.76 bits per heavy atom. The lowest BCUT2D eigenvalue weighted by Crippen LogP contribution is -2.33. The second-order valence-electron chi connectivity index (χ2n) is 8.38. The number of pyridine rings is 1. The van der Waals surface area contributed by atoms with Gasteiger partial charge in [-0.2, -0.15) is 18.3 Å². The molecule has 156 valence electrons. The number of nitrogen functional groups attached to an aromatic ring is 1. The lowest BCUT2D eigenvalue weighted by Gasteiger charge is -2.28. The van der Waals surface area contributed by atoms with Crippen molar-refractivity contribution in [2.75, 3.05) is 38.6 Å². The van der Waals surface area contributed by atoms with E-state index in [1.165, 1.54) is 4.90 Å². The molecule has 0 unspecified atom stereocenters. The molecule has 1 aliphatic carbocycles. The van der Waals surface area contributed by atoms with Crippen molar-refractivity contribution in [2.45, 2.75) is 31.0 Å². The van der Waals surface area contributed by atoms with Gasteiger partial charge in [0.25, 0.3) is 0 Å². The predicted octanol–water partition coefficient (Wildman–Crippen LogP) is 3.49. The maximum absolute atomic E-state index is 12.8. The Morgan fingerprint density at radius 2 is 2.10 bits per heavy atom. The van der Waals surface area contributed by atoms with Crippen molar-refractivity contribution in [3.05, 3.63) is 29.0 Å². The van der Waals surface area contributed by atoms with Gasteiger partial charge in [-0.05, 0) is 36.9 Å². The Labute approximate surface area is 170 Å². The number of halogens is 4. The summed E-state index contributed by atoms with van der Waals surface area (Å²) in [5, 5.41) is 5.14. The lowest BCUT2D eigenvalue weighted by molar-refractivity contribution is -0.143. The van der Waals surface area contributed by atoms with Crippen LogP contribution in [0.15, 0.2) is 18.3 Å². The monoisotopic (exact) mass is 427 g/mol. The van der Waals surface area contributed by atoms with Gasteiger partial charge >= 0.3 is 6.18 Å². The molecule has 2 atom stereocenters. The minimum atomic E-state index is -4.16. The van der Waals surface area contributed by atoms with Crippen molar-refractivity contribution < 1.29 is 17.9 Å². The second kappa shape index (κ2) is 6.58. The number of alkyl halides is 3. The molecule has 29 heavy (non-hydrogen) atoms. The molecule has 0 aromatic carbocycles. The standard InChI is InChI=1S/C19H21ClF3N5O/c20-14-3-11(6-25-17(14)24)15-4-16(28(26-15)12-7-29-8-12)13-5-18(13)1-2-27(9-18)10-19(21,22)23/h3-4,6,12-13H,1-2,5,7-10H2,(H2,24,25)/t13-,18-/m1/s1. The van der Waals surface area contributed by atoms with Crippen LogP contribution in [0.5, 0.6) is 0 Å². The Morgan fingerprint density at radius 1 is 1.31 bits per heavy atom. The Bertz CT molecular complexity index is 944. The first-order chi connectivity index (χ1) is 13.7. The quantitative estimate of drug-likeness (QED) is 0.808. The van der Waals surface area contributed by atoms with Gasteiger partial charge < -0.3 is 10.5 Å². The van der Waals surface area contributed by atoms with Gasteiger partial charge in [-0.3, -0.25) is 9.58 Å². The maximum atomic E-state index is 12.8. The molecule has 1 saturated carbocycles. The number of likely N-dealkylation sites (tertiary alicyclic amines) is 1. The molecule has 5 rings (SSSR count). The van der Waals surface area contributed by atoms with E-state index in [0.29, 0.717) is 31.3 Å². The molecular weight excluding hydrogens is 407 g/mol. The van der Waals surface area contributed by atoms with Gasteiger partial charge in [0.05, 0.1) is 36.5 Å². The van der Waals surface area contributed by atoms with Crippen molar-refractivity contribution in [3.63, 3.8) is 0 Å². The molecule has 2 aromatic rings. The Hall–Kier alpha value is -1.84. The largest absolute Gasteiger partial charge is 0.401 e. The van der Waals surface area contributed by atoms with Crippen LogP contribution in [0.25, 0.3) is 11.3 Å². The molecule has 1 spiro atoms. The zero-order valence-electron chi connectivity index (χ0n) is 15.6. The van der Waals surface area contributed by atoms with E-state index in [1.54, 1.807) is 12.3 Å². The van der Waals surface area contributed by atoms with Crippen LogP contribution >= 0.6 is 11.6 Å². The minimum absolute atomic E-state index is 0.0814. The smallest absolute Gasteiger partial charge is 0.382 e. The lowest BCUT2D eigenvalue weighted by atomic mass is 10.0. The van der Waals surface area contributed by atoms with Crippen LogP contribution in [0, 0.1) is 5.41 Å². The van der Waals surface area contributed by atoms with Crippen LogP contribution in [0.1, 0.15) is 30.5 Å². The summed E-state index contributed by atoms with van der Waals surface area (Å²) in [5.74, 6) is 0.471. The van der Waals surface area contributed by atoms with Crippen LogP contribution in [0.3, 0.4) is 0 Å². The van der Waals surface area contributed by atoms with E-state index in [-0.39, 0.29) is 23.2 Å². The Kier molecular flexibility index (Phi) is 4.34. The fourth-order valence-electron chi connectivity index (χ4n) is 4.65.